The van der Waals surface area contributed by atoms with E-state index in [0.29, 0.717) is 0 Å². The molecule has 0 radical (unpaired) electrons. The third-order valence-electron chi connectivity index (χ3n) is 5.87. The van der Waals surface area contributed by atoms with Gasteiger partial charge < -0.3 is 0 Å². The summed E-state index contributed by atoms with van der Waals surface area (Å²) in [7, 11) is 0. The first-order valence-electron chi connectivity index (χ1n) is 12.6. The molecule has 0 aliphatic heterocycles. The van der Waals surface area contributed by atoms with Gasteiger partial charge in [-0.15, -0.1) is 0 Å². The van der Waals surface area contributed by atoms with Crippen LogP contribution in [0.15, 0.2) is 72.8 Å². The topological polar surface area (TPSA) is 0 Å². The lowest BCUT2D eigenvalue weighted by molar-refractivity contribution is 0.632. The highest BCUT2D eigenvalue weighted by Gasteiger charge is 1.99. The van der Waals surface area contributed by atoms with E-state index in [1.807, 2.05) is 0 Å². The number of rotatable bonds is 9. The van der Waals surface area contributed by atoms with Crippen molar-refractivity contribution in [2.75, 3.05) is 0 Å². The molecule has 33 heavy (non-hydrogen) atoms. The minimum absolute atomic E-state index is 0.970. The third kappa shape index (κ3) is 8.67. The molecule has 0 saturated carbocycles. The number of aryl methyl sites for hydroxylation is 1. The van der Waals surface area contributed by atoms with E-state index < -0.39 is 0 Å². The van der Waals surface area contributed by atoms with Crippen molar-refractivity contribution >= 4 is 0 Å². The molecule has 0 saturated heterocycles. The smallest absolute Gasteiger partial charge is 0.0249 e. The molecule has 0 nitrogen and oxygen atoms in total. The van der Waals surface area contributed by atoms with Gasteiger partial charge in [-0.3, -0.25) is 0 Å². The fraction of sp³-hybridized carbons (Fsp3) is 0.333. The number of hydrogen-bond donors (Lipinski definition) is 0. The highest BCUT2D eigenvalue weighted by atomic mass is 14.0. The van der Waals surface area contributed by atoms with Gasteiger partial charge in [0, 0.05) is 23.1 Å². The summed E-state index contributed by atoms with van der Waals surface area (Å²) in [5.41, 5.74) is 7.05. The molecule has 0 amide bonds. The lowest BCUT2D eigenvalue weighted by atomic mass is 10.00. The van der Waals surface area contributed by atoms with E-state index in [0.717, 1.165) is 23.1 Å². The summed E-state index contributed by atoms with van der Waals surface area (Å²) in [4.78, 5) is 0. The molecule has 0 aliphatic rings. The molecule has 0 atom stereocenters. The fourth-order valence-electron chi connectivity index (χ4n) is 3.75. The Hall–Kier alpha value is -3.22. The molecule has 0 heterocycles. The van der Waals surface area contributed by atoms with Crippen molar-refractivity contribution in [3.8, 4) is 34.8 Å². The van der Waals surface area contributed by atoms with Gasteiger partial charge in [-0.2, -0.15) is 0 Å². The van der Waals surface area contributed by atoms with Crippen LogP contribution in [0.25, 0.3) is 11.1 Å². The summed E-state index contributed by atoms with van der Waals surface area (Å²) in [5.74, 6) is 13.0. The standard InChI is InChI=1S/C33H36/c1-3-5-7-9-11-13-29-20-24-32(25-21-29)33-26-22-31(23-27-33)19-18-30-16-14-28(15-17-30)12-10-8-6-4-2/h14-17,20-27H,3-9,11,13H2,1-2H3. The van der Waals surface area contributed by atoms with E-state index in [1.54, 1.807) is 0 Å². The molecule has 0 spiro atoms. The van der Waals surface area contributed by atoms with Crippen LogP contribution in [0.4, 0.5) is 0 Å². The molecular formula is C33H36. The van der Waals surface area contributed by atoms with Crippen molar-refractivity contribution in [2.45, 2.75) is 71.6 Å². The van der Waals surface area contributed by atoms with Crippen molar-refractivity contribution in [2.24, 2.45) is 0 Å². The molecule has 0 N–H and O–H groups in total. The Morgan fingerprint density at radius 2 is 0.970 bits per heavy atom. The Kier molecular flexibility index (Phi) is 10.4. The average molecular weight is 433 g/mol. The first-order chi connectivity index (χ1) is 16.3. The fourth-order valence-corrected chi connectivity index (χ4v) is 3.75. The van der Waals surface area contributed by atoms with Crippen LogP contribution in [-0.4, -0.2) is 0 Å². The predicted octanol–water partition coefficient (Wildman–Crippen LogP) is 8.81. The number of unbranched alkanes of at least 4 members (excludes halogenated alkanes) is 6. The van der Waals surface area contributed by atoms with E-state index in [-0.39, 0.29) is 0 Å². The maximum absolute atomic E-state index is 3.28. The lowest BCUT2D eigenvalue weighted by Crippen LogP contribution is -1.87. The van der Waals surface area contributed by atoms with Crippen molar-refractivity contribution in [3.63, 3.8) is 0 Å². The molecule has 0 fully saturated rings. The predicted molar refractivity (Wildman–Crippen MR) is 143 cm³/mol. The molecule has 0 aliphatic carbocycles. The van der Waals surface area contributed by atoms with Gasteiger partial charge in [-0.25, -0.2) is 0 Å². The van der Waals surface area contributed by atoms with Crippen molar-refractivity contribution in [1.82, 2.24) is 0 Å². The average Bonchev–Trinajstić information content (AvgIpc) is 2.87. The van der Waals surface area contributed by atoms with Crippen LogP contribution in [0.3, 0.4) is 0 Å². The first kappa shape index (κ1) is 24.4. The largest absolute Gasteiger partial charge is 0.0979 e. The van der Waals surface area contributed by atoms with Crippen LogP contribution in [0.1, 0.15) is 87.5 Å². The van der Waals surface area contributed by atoms with Gasteiger partial charge in [0.15, 0.2) is 0 Å². The van der Waals surface area contributed by atoms with Crippen LogP contribution in [-0.2, 0) is 6.42 Å². The van der Waals surface area contributed by atoms with Crippen LogP contribution in [0.5, 0.6) is 0 Å². The summed E-state index contributed by atoms with van der Waals surface area (Å²) < 4.78 is 0. The summed E-state index contributed by atoms with van der Waals surface area (Å²) in [6.07, 6.45) is 11.2. The van der Waals surface area contributed by atoms with Gasteiger partial charge in [0.2, 0.25) is 0 Å². The SMILES string of the molecule is CCCCC#Cc1ccc(C#Cc2ccc(-c3ccc(CCCCCCC)cc3)cc2)cc1. The van der Waals surface area contributed by atoms with Gasteiger partial charge in [0.25, 0.3) is 0 Å². The number of benzene rings is 3. The van der Waals surface area contributed by atoms with Crippen molar-refractivity contribution in [1.29, 1.82) is 0 Å². The highest BCUT2D eigenvalue weighted by molar-refractivity contribution is 5.64. The van der Waals surface area contributed by atoms with Crippen LogP contribution >= 0.6 is 0 Å². The molecule has 168 valence electrons. The summed E-state index contributed by atoms with van der Waals surface area (Å²) in [5, 5.41) is 0. The Bertz CT molecular complexity index is 1080. The minimum Gasteiger partial charge on any atom is -0.0979 e. The maximum atomic E-state index is 3.28. The zero-order valence-electron chi connectivity index (χ0n) is 20.3. The second kappa shape index (κ2) is 14.0. The molecule has 0 unspecified atom stereocenters. The summed E-state index contributed by atoms with van der Waals surface area (Å²) in [6.45, 7) is 4.46. The Morgan fingerprint density at radius 3 is 1.55 bits per heavy atom. The molecule has 3 aromatic carbocycles. The molecule has 0 bridgehead atoms. The number of hydrogen-bond acceptors (Lipinski definition) is 0. The van der Waals surface area contributed by atoms with Gasteiger partial charge >= 0.3 is 0 Å². The monoisotopic (exact) mass is 432 g/mol. The first-order valence-corrected chi connectivity index (χ1v) is 12.6. The van der Waals surface area contributed by atoms with Gasteiger partial charge in [0.05, 0.1) is 0 Å². The third-order valence-corrected chi connectivity index (χ3v) is 5.87. The molecule has 0 aromatic heterocycles. The lowest BCUT2D eigenvalue weighted by Gasteiger charge is -2.05. The van der Waals surface area contributed by atoms with Crippen molar-refractivity contribution in [3.05, 3.63) is 95.1 Å². The summed E-state index contributed by atoms with van der Waals surface area (Å²) >= 11 is 0. The second-order valence-electron chi connectivity index (χ2n) is 8.67. The van der Waals surface area contributed by atoms with E-state index >= 15 is 0 Å². The minimum atomic E-state index is 0.970. The zero-order chi connectivity index (χ0) is 23.1. The maximum Gasteiger partial charge on any atom is 0.0249 e. The molecular weight excluding hydrogens is 396 g/mol. The molecule has 3 aromatic rings. The summed E-state index contributed by atoms with van der Waals surface area (Å²) in [6, 6.07) is 25.8. The van der Waals surface area contributed by atoms with E-state index in [1.165, 1.54) is 68.1 Å². The molecule has 3 rings (SSSR count). The van der Waals surface area contributed by atoms with Crippen LogP contribution in [0.2, 0.25) is 0 Å². The zero-order valence-corrected chi connectivity index (χ0v) is 20.3. The highest BCUT2D eigenvalue weighted by Crippen LogP contribution is 2.21. The quantitative estimate of drug-likeness (QED) is 0.234. The van der Waals surface area contributed by atoms with Gasteiger partial charge in [0.1, 0.15) is 0 Å². The molecule has 0 heteroatoms. The van der Waals surface area contributed by atoms with Crippen molar-refractivity contribution < 1.29 is 0 Å². The van der Waals surface area contributed by atoms with Gasteiger partial charge in [-0.05, 0) is 72.4 Å². The Balaban J connectivity index is 1.54. The Labute approximate surface area is 201 Å². The Morgan fingerprint density at radius 1 is 0.485 bits per heavy atom. The van der Waals surface area contributed by atoms with E-state index in [2.05, 4.69) is 110 Å². The van der Waals surface area contributed by atoms with Crippen LogP contribution < -0.4 is 0 Å². The van der Waals surface area contributed by atoms with Crippen LogP contribution in [0, 0.1) is 23.7 Å². The normalized spacial score (nSPS) is 10.1. The second-order valence-corrected chi connectivity index (χ2v) is 8.67. The van der Waals surface area contributed by atoms with E-state index in [9.17, 15) is 0 Å². The van der Waals surface area contributed by atoms with Gasteiger partial charge in [-0.1, -0.05) is 106 Å². The van der Waals surface area contributed by atoms with E-state index in [4.69, 9.17) is 0 Å².